The first-order chi connectivity index (χ1) is 22.8. The fourth-order valence-corrected chi connectivity index (χ4v) is 6.68. The number of ether oxygens (including phenoxy) is 1. The van der Waals surface area contributed by atoms with E-state index >= 15 is 0 Å². The molecule has 0 amide bonds. The van der Waals surface area contributed by atoms with E-state index < -0.39 is 0 Å². The Bertz CT molecular complexity index is 2330. The van der Waals surface area contributed by atoms with E-state index in [1.807, 2.05) is 24.3 Å². The summed E-state index contributed by atoms with van der Waals surface area (Å²) in [5, 5.41) is 2.29. The van der Waals surface area contributed by atoms with Gasteiger partial charge in [-0.05, 0) is 87.0 Å². The molecule has 0 unspecified atom stereocenters. The van der Waals surface area contributed by atoms with Crippen molar-refractivity contribution < 1.29 is 9.15 Å². The normalized spacial score (nSPS) is 12.5. The van der Waals surface area contributed by atoms with Crippen LogP contribution in [0.25, 0.3) is 77.8 Å². The topological polar surface area (TPSA) is 35.3 Å². The predicted molar refractivity (Wildman–Crippen MR) is 187 cm³/mol. The van der Waals surface area contributed by atoms with E-state index in [0.717, 1.165) is 66.7 Å². The zero-order valence-corrected chi connectivity index (χ0v) is 25.1. The summed E-state index contributed by atoms with van der Waals surface area (Å²) in [6, 6.07) is 53.4. The van der Waals surface area contributed by atoms with Gasteiger partial charge < -0.3 is 9.15 Å². The summed E-state index contributed by atoms with van der Waals surface area (Å²) in [4.78, 5) is 5.08. The minimum atomic E-state index is 0.561. The Morgan fingerprint density at radius 3 is 1.78 bits per heavy atom. The molecule has 2 aromatic heterocycles. The largest absolute Gasteiger partial charge is 0.456 e. The molecule has 3 heterocycles. The molecule has 3 nitrogen and oxygen atoms in total. The third-order valence-electron chi connectivity index (χ3n) is 9.03. The molecule has 0 radical (unpaired) electrons. The van der Waals surface area contributed by atoms with Crippen molar-refractivity contribution in [3.8, 4) is 55.9 Å². The van der Waals surface area contributed by atoms with E-state index in [0.29, 0.717) is 13.2 Å². The third-order valence-corrected chi connectivity index (χ3v) is 9.03. The van der Waals surface area contributed by atoms with Crippen LogP contribution in [-0.2, 0) is 18.0 Å². The molecule has 9 rings (SSSR count). The smallest absolute Gasteiger partial charge is 0.136 e. The van der Waals surface area contributed by atoms with Crippen LogP contribution >= 0.6 is 0 Å². The SMILES string of the molecule is c1ccc(-c2cc(-c3ccc4c(c3)-c3ccc(-c5ccc6c(c5)oc5ccccc56)cc3COC4)cc(-c3ccccc3)n2)cc1. The number of fused-ring (bicyclic) bond motifs is 6. The maximum absolute atomic E-state index is 6.22. The highest BCUT2D eigenvalue weighted by Gasteiger charge is 2.18. The van der Waals surface area contributed by atoms with Gasteiger partial charge in [0.25, 0.3) is 0 Å². The molecular weight excluding hydrogens is 562 g/mol. The molecule has 0 fully saturated rings. The van der Waals surface area contributed by atoms with E-state index in [2.05, 4.69) is 127 Å². The zero-order chi connectivity index (χ0) is 30.5. The third kappa shape index (κ3) is 4.70. The van der Waals surface area contributed by atoms with Gasteiger partial charge in [-0.15, -0.1) is 0 Å². The van der Waals surface area contributed by atoms with Gasteiger partial charge in [0.2, 0.25) is 0 Å². The second-order valence-corrected chi connectivity index (χ2v) is 11.9. The van der Waals surface area contributed by atoms with Gasteiger partial charge in [0, 0.05) is 21.9 Å². The second kappa shape index (κ2) is 11.0. The summed E-state index contributed by atoms with van der Waals surface area (Å²) >= 11 is 0. The van der Waals surface area contributed by atoms with Crippen molar-refractivity contribution in [3.63, 3.8) is 0 Å². The van der Waals surface area contributed by atoms with Crippen molar-refractivity contribution >= 4 is 21.9 Å². The van der Waals surface area contributed by atoms with Crippen LogP contribution in [0.15, 0.2) is 156 Å². The minimum Gasteiger partial charge on any atom is -0.456 e. The fourth-order valence-electron chi connectivity index (χ4n) is 6.68. The average molecular weight is 592 g/mol. The lowest BCUT2D eigenvalue weighted by atomic mass is 9.90. The van der Waals surface area contributed by atoms with Crippen LogP contribution in [0.5, 0.6) is 0 Å². The van der Waals surface area contributed by atoms with Gasteiger partial charge in [0.15, 0.2) is 0 Å². The fraction of sp³-hybridized carbons (Fsp3) is 0.0465. The Kier molecular flexibility index (Phi) is 6.36. The summed E-state index contributed by atoms with van der Waals surface area (Å²) in [6.07, 6.45) is 0. The van der Waals surface area contributed by atoms with E-state index in [1.54, 1.807) is 0 Å². The lowest BCUT2D eigenvalue weighted by Gasteiger charge is -2.14. The maximum Gasteiger partial charge on any atom is 0.136 e. The molecule has 0 saturated heterocycles. The second-order valence-electron chi connectivity index (χ2n) is 11.9. The Morgan fingerprint density at radius 2 is 1.00 bits per heavy atom. The maximum atomic E-state index is 6.22. The Hall–Kier alpha value is -5.77. The quantitative estimate of drug-likeness (QED) is 0.204. The van der Waals surface area contributed by atoms with Crippen LogP contribution in [-0.4, -0.2) is 4.98 Å². The molecule has 3 heteroatoms. The first-order valence-corrected chi connectivity index (χ1v) is 15.7. The Balaban J connectivity index is 1.14. The Morgan fingerprint density at radius 1 is 0.391 bits per heavy atom. The lowest BCUT2D eigenvalue weighted by Crippen LogP contribution is -1.93. The van der Waals surface area contributed by atoms with Crippen LogP contribution < -0.4 is 0 Å². The first-order valence-electron chi connectivity index (χ1n) is 15.7. The molecule has 0 spiro atoms. The molecule has 0 saturated carbocycles. The van der Waals surface area contributed by atoms with Gasteiger partial charge in [-0.25, -0.2) is 4.98 Å². The number of furan rings is 1. The van der Waals surface area contributed by atoms with Crippen molar-refractivity contribution in [1.82, 2.24) is 4.98 Å². The summed E-state index contributed by atoms with van der Waals surface area (Å²) in [5.41, 5.74) is 15.3. The lowest BCUT2D eigenvalue weighted by molar-refractivity contribution is 0.110. The summed E-state index contributed by atoms with van der Waals surface area (Å²) in [5.74, 6) is 0. The highest BCUT2D eigenvalue weighted by molar-refractivity contribution is 6.05. The molecule has 8 aromatic rings. The monoisotopic (exact) mass is 591 g/mol. The van der Waals surface area contributed by atoms with Crippen molar-refractivity contribution in [1.29, 1.82) is 0 Å². The van der Waals surface area contributed by atoms with Gasteiger partial charge >= 0.3 is 0 Å². The average Bonchev–Trinajstić information content (AvgIpc) is 3.40. The van der Waals surface area contributed by atoms with Crippen molar-refractivity contribution in [2.45, 2.75) is 13.2 Å². The Labute approximate surface area is 267 Å². The van der Waals surface area contributed by atoms with Crippen LogP contribution in [0.4, 0.5) is 0 Å². The molecule has 0 aliphatic carbocycles. The number of hydrogen-bond acceptors (Lipinski definition) is 3. The van der Waals surface area contributed by atoms with Crippen molar-refractivity contribution in [3.05, 3.63) is 163 Å². The molecule has 6 aromatic carbocycles. The van der Waals surface area contributed by atoms with Gasteiger partial charge in [0.1, 0.15) is 11.2 Å². The zero-order valence-electron chi connectivity index (χ0n) is 25.1. The highest BCUT2D eigenvalue weighted by atomic mass is 16.5. The molecule has 1 aliphatic heterocycles. The predicted octanol–water partition coefficient (Wildman–Crippen LogP) is 11.3. The number of benzene rings is 6. The van der Waals surface area contributed by atoms with E-state index in [4.69, 9.17) is 14.1 Å². The van der Waals surface area contributed by atoms with Crippen LogP contribution in [0.1, 0.15) is 11.1 Å². The summed E-state index contributed by atoms with van der Waals surface area (Å²) < 4.78 is 12.4. The summed E-state index contributed by atoms with van der Waals surface area (Å²) in [7, 11) is 0. The van der Waals surface area contributed by atoms with Gasteiger partial charge in [0.05, 0.1) is 24.6 Å². The number of pyridine rings is 1. The van der Waals surface area contributed by atoms with Crippen LogP contribution in [0.3, 0.4) is 0 Å². The summed E-state index contributed by atoms with van der Waals surface area (Å²) in [6.45, 7) is 1.14. The molecule has 1 aliphatic rings. The van der Waals surface area contributed by atoms with Crippen molar-refractivity contribution in [2.24, 2.45) is 0 Å². The molecule has 46 heavy (non-hydrogen) atoms. The van der Waals surface area contributed by atoms with Crippen molar-refractivity contribution in [2.75, 3.05) is 0 Å². The van der Waals surface area contributed by atoms with Gasteiger partial charge in [-0.1, -0.05) is 109 Å². The van der Waals surface area contributed by atoms with E-state index in [9.17, 15) is 0 Å². The number of hydrogen-bond donors (Lipinski definition) is 0. The molecular formula is C43H29NO2. The first kappa shape index (κ1) is 26.6. The van der Waals surface area contributed by atoms with E-state index in [-0.39, 0.29) is 0 Å². The van der Waals surface area contributed by atoms with Gasteiger partial charge in [-0.2, -0.15) is 0 Å². The molecule has 0 N–H and O–H groups in total. The van der Waals surface area contributed by atoms with E-state index in [1.165, 1.54) is 22.3 Å². The molecule has 0 bridgehead atoms. The highest BCUT2D eigenvalue weighted by Crippen LogP contribution is 2.39. The minimum absolute atomic E-state index is 0.561. The number of aromatic nitrogens is 1. The van der Waals surface area contributed by atoms with Crippen LogP contribution in [0, 0.1) is 0 Å². The number of para-hydroxylation sites is 1. The number of nitrogens with zero attached hydrogens (tertiary/aromatic N) is 1. The van der Waals surface area contributed by atoms with Gasteiger partial charge in [-0.3, -0.25) is 0 Å². The molecule has 0 atom stereocenters. The standard InChI is InChI=1S/C43H29NO2/c1-3-9-28(10-4-1)40-23-34(24-41(44-40)29-11-5-2-6-12-29)31-15-16-33-26-45-27-35-21-30(17-19-36(35)39(33)22-31)32-18-20-38-37-13-7-8-14-42(37)46-43(38)25-32/h1-25H,26-27H2. The number of rotatable bonds is 4. The molecule has 218 valence electrons. The van der Waals surface area contributed by atoms with Crippen LogP contribution in [0.2, 0.25) is 0 Å².